The molecular weight excluding hydrogens is 500 g/mol. The Morgan fingerprint density at radius 2 is 1.77 bits per heavy atom. The van der Waals surface area contributed by atoms with Crippen molar-refractivity contribution in [1.29, 1.82) is 0 Å². The standard InChI is InChI=1S/C22H26N2O9S2/c1-15-4-6-17(35(29,30)24-8-10-33-11-9-24)14-18(15)23-34(27,28)20-13-16(5-7-21(25)26)12-19(31-2)22(20)32-3/h4-7,12-14,23H,8-11H2,1-3H3,(H,25,26). The summed E-state index contributed by atoms with van der Waals surface area (Å²) in [6.45, 7) is 2.58. The van der Waals surface area contributed by atoms with Crippen LogP contribution in [0.1, 0.15) is 11.1 Å². The van der Waals surface area contributed by atoms with Gasteiger partial charge in [0.25, 0.3) is 10.0 Å². The van der Waals surface area contributed by atoms with Crippen LogP contribution in [0.2, 0.25) is 0 Å². The molecule has 2 aromatic rings. The number of methoxy groups -OCH3 is 2. The topological polar surface area (TPSA) is 149 Å². The summed E-state index contributed by atoms with van der Waals surface area (Å²) < 4.78 is 72.3. The monoisotopic (exact) mass is 526 g/mol. The highest BCUT2D eigenvalue weighted by Crippen LogP contribution is 2.37. The third kappa shape index (κ3) is 5.93. The van der Waals surface area contributed by atoms with Crippen molar-refractivity contribution in [3.05, 3.63) is 47.5 Å². The highest BCUT2D eigenvalue weighted by atomic mass is 32.2. The van der Waals surface area contributed by atoms with Crippen molar-refractivity contribution >= 4 is 37.8 Å². The number of sulfonamides is 2. The Kier molecular flexibility index (Phi) is 8.05. The summed E-state index contributed by atoms with van der Waals surface area (Å²) in [7, 11) is -5.60. The van der Waals surface area contributed by atoms with E-state index in [1.807, 2.05) is 0 Å². The maximum absolute atomic E-state index is 13.4. The maximum atomic E-state index is 13.4. The first kappa shape index (κ1) is 26.5. The van der Waals surface area contributed by atoms with E-state index in [-0.39, 0.29) is 58.8 Å². The zero-order valence-corrected chi connectivity index (χ0v) is 21.0. The number of nitrogens with zero attached hydrogens (tertiary/aromatic N) is 1. The van der Waals surface area contributed by atoms with Gasteiger partial charge < -0.3 is 19.3 Å². The number of nitrogens with one attached hydrogen (secondary N) is 1. The van der Waals surface area contributed by atoms with E-state index in [2.05, 4.69) is 4.72 Å². The molecule has 2 N–H and O–H groups in total. The number of ether oxygens (including phenoxy) is 3. The highest BCUT2D eigenvalue weighted by molar-refractivity contribution is 7.93. The summed E-state index contributed by atoms with van der Waals surface area (Å²) >= 11 is 0. The van der Waals surface area contributed by atoms with Gasteiger partial charge in [0.2, 0.25) is 10.0 Å². The molecule has 3 rings (SSSR count). The van der Waals surface area contributed by atoms with Crippen molar-refractivity contribution < 1.29 is 40.9 Å². The molecule has 2 aromatic carbocycles. The van der Waals surface area contributed by atoms with Gasteiger partial charge in [-0.2, -0.15) is 4.31 Å². The Balaban J connectivity index is 2.05. The summed E-state index contributed by atoms with van der Waals surface area (Å²) in [4.78, 5) is 10.5. The lowest BCUT2D eigenvalue weighted by molar-refractivity contribution is -0.131. The minimum atomic E-state index is -4.32. The van der Waals surface area contributed by atoms with Crippen molar-refractivity contribution in [2.45, 2.75) is 16.7 Å². The van der Waals surface area contributed by atoms with Gasteiger partial charge in [0.1, 0.15) is 4.90 Å². The number of rotatable bonds is 9. The van der Waals surface area contributed by atoms with E-state index in [1.54, 1.807) is 6.92 Å². The van der Waals surface area contributed by atoms with Gasteiger partial charge in [-0.15, -0.1) is 0 Å². The van der Waals surface area contributed by atoms with Crippen LogP contribution in [0, 0.1) is 6.92 Å². The summed E-state index contributed by atoms with van der Waals surface area (Å²) in [5, 5.41) is 8.91. The second-order valence-electron chi connectivity index (χ2n) is 7.52. The second-order valence-corrected chi connectivity index (χ2v) is 11.1. The summed E-state index contributed by atoms with van der Waals surface area (Å²) in [6, 6.07) is 6.84. The number of anilines is 1. The summed E-state index contributed by atoms with van der Waals surface area (Å²) in [5.41, 5.74) is 0.792. The minimum absolute atomic E-state index is 0.0619. The van der Waals surface area contributed by atoms with Crippen LogP contribution in [-0.2, 0) is 29.6 Å². The van der Waals surface area contributed by atoms with Gasteiger partial charge in [-0.05, 0) is 48.4 Å². The van der Waals surface area contributed by atoms with Crippen LogP contribution >= 0.6 is 0 Å². The number of morpholine rings is 1. The Hall–Kier alpha value is -3.13. The number of aryl methyl sites for hydroxylation is 1. The maximum Gasteiger partial charge on any atom is 0.328 e. The molecule has 0 radical (unpaired) electrons. The van der Waals surface area contributed by atoms with E-state index in [9.17, 15) is 21.6 Å². The molecule has 1 aliphatic rings. The van der Waals surface area contributed by atoms with E-state index in [1.165, 1.54) is 54.9 Å². The molecule has 1 heterocycles. The van der Waals surface area contributed by atoms with Gasteiger partial charge in [0.05, 0.1) is 38.0 Å². The quantitative estimate of drug-likeness (QED) is 0.468. The first-order chi connectivity index (χ1) is 16.5. The fraction of sp³-hybridized carbons (Fsp3) is 0.318. The van der Waals surface area contributed by atoms with Gasteiger partial charge >= 0.3 is 5.97 Å². The van der Waals surface area contributed by atoms with E-state index in [0.29, 0.717) is 5.56 Å². The molecule has 0 bridgehead atoms. The van der Waals surface area contributed by atoms with Crippen molar-refractivity contribution in [1.82, 2.24) is 4.31 Å². The van der Waals surface area contributed by atoms with E-state index in [4.69, 9.17) is 19.3 Å². The Morgan fingerprint density at radius 1 is 1.09 bits per heavy atom. The number of carboxylic acids is 1. The average molecular weight is 527 g/mol. The smallest absolute Gasteiger partial charge is 0.328 e. The van der Waals surface area contributed by atoms with Crippen LogP contribution in [0.3, 0.4) is 0 Å². The third-order valence-corrected chi connectivity index (χ3v) is 8.50. The summed E-state index contributed by atoms with van der Waals surface area (Å²) in [6.07, 6.45) is 2.07. The lowest BCUT2D eigenvalue weighted by Crippen LogP contribution is -2.40. The van der Waals surface area contributed by atoms with E-state index >= 15 is 0 Å². The third-order valence-electron chi connectivity index (χ3n) is 5.24. The van der Waals surface area contributed by atoms with Gasteiger partial charge in [-0.1, -0.05) is 6.07 Å². The fourth-order valence-electron chi connectivity index (χ4n) is 3.42. The molecule has 1 aliphatic heterocycles. The van der Waals surface area contributed by atoms with Crippen LogP contribution < -0.4 is 14.2 Å². The van der Waals surface area contributed by atoms with Crippen molar-refractivity contribution in [3.8, 4) is 11.5 Å². The molecule has 0 aliphatic carbocycles. The first-order valence-corrected chi connectivity index (χ1v) is 13.3. The second kappa shape index (κ2) is 10.6. The average Bonchev–Trinajstić information content (AvgIpc) is 2.83. The van der Waals surface area contributed by atoms with Gasteiger partial charge in [0, 0.05) is 19.2 Å². The number of aliphatic carboxylic acids is 1. The number of carbonyl (C=O) groups is 1. The predicted octanol–water partition coefficient (Wildman–Crippen LogP) is 1.93. The molecular formula is C22H26N2O9S2. The highest BCUT2D eigenvalue weighted by Gasteiger charge is 2.28. The molecule has 13 heteroatoms. The van der Waals surface area contributed by atoms with Gasteiger partial charge in [-0.3, -0.25) is 4.72 Å². The molecule has 1 saturated heterocycles. The molecule has 0 aromatic heterocycles. The van der Waals surface area contributed by atoms with Crippen LogP contribution in [0.4, 0.5) is 5.69 Å². The number of benzene rings is 2. The molecule has 11 nitrogen and oxygen atoms in total. The van der Waals surface area contributed by atoms with Crippen LogP contribution in [0.5, 0.6) is 11.5 Å². The zero-order valence-electron chi connectivity index (χ0n) is 19.3. The van der Waals surface area contributed by atoms with Crippen molar-refractivity contribution in [2.75, 3.05) is 45.2 Å². The summed E-state index contributed by atoms with van der Waals surface area (Å²) in [5.74, 6) is -1.24. The molecule has 0 amide bonds. The molecule has 190 valence electrons. The van der Waals surface area contributed by atoms with Crippen molar-refractivity contribution in [2.24, 2.45) is 0 Å². The normalized spacial score (nSPS) is 15.2. The fourth-order valence-corrected chi connectivity index (χ4v) is 6.19. The predicted molar refractivity (Wildman–Crippen MR) is 128 cm³/mol. The SMILES string of the molecule is COc1cc(C=CC(=O)O)cc(S(=O)(=O)Nc2cc(S(=O)(=O)N3CCOCC3)ccc2C)c1OC. The number of carboxylic acid groups (broad SMARTS) is 1. The van der Waals surface area contributed by atoms with E-state index in [0.717, 1.165) is 6.08 Å². The van der Waals surface area contributed by atoms with E-state index < -0.39 is 26.0 Å². The Labute approximate surface area is 204 Å². The lowest BCUT2D eigenvalue weighted by Gasteiger charge is -2.26. The van der Waals surface area contributed by atoms with Gasteiger partial charge in [-0.25, -0.2) is 21.6 Å². The molecule has 0 saturated carbocycles. The molecule has 0 atom stereocenters. The minimum Gasteiger partial charge on any atom is -0.493 e. The molecule has 0 spiro atoms. The van der Waals surface area contributed by atoms with Crippen LogP contribution in [0.25, 0.3) is 6.08 Å². The Morgan fingerprint density at radius 3 is 2.37 bits per heavy atom. The van der Waals surface area contributed by atoms with Crippen molar-refractivity contribution in [3.63, 3.8) is 0 Å². The number of hydrogen-bond acceptors (Lipinski definition) is 8. The zero-order chi connectivity index (χ0) is 25.8. The first-order valence-electron chi connectivity index (χ1n) is 10.4. The van der Waals surface area contributed by atoms with Crippen LogP contribution in [-0.4, -0.2) is 72.7 Å². The molecule has 1 fully saturated rings. The largest absolute Gasteiger partial charge is 0.493 e. The molecule has 0 unspecified atom stereocenters. The lowest BCUT2D eigenvalue weighted by atomic mass is 10.2. The Bertz CT molecular complexity index is 1350. The van der Waals surface area contributed by atoms with Gasteiger partial charge in [0.15, 0.2) is 11.5 Å². The molecule has 35 heavy (non-hydrogen) atoms. The number of hydrogen-bond donors (Lipinski definition) is 2. The van der Waals surface area contributed by atoms with Crippen LogP contribution in [0.15, 0.2) is 46.2 Å².